The third kappa shape index (κ3) is 5.18. The summed E-state index contributed by atoms with van der Waals surface area (Å²) in [5, 5.41) is 11.6. The van der Waals surface area contributed by atoms with E-state index in [1.165, 1.54) is 5.56 Å². The van der Waals surface area contributed by atoms with Crippen molar-refractivity contribution < 1.29 is 9.94 Å². The number of methoxy groups -OCH3 is 1. The maximum absolute atomic E-state index is 8.56. The van der Waals surface area contributed by atoms with Crippen molar-refractivity contribution in [2.75, 3.05) is 13.7 Å². The summed E-state index contributed by atoms with van der Waals surface area (Å²) in [6.45, 7) is 5.87. The van der Waals surface area contributed by atoms with Gasteiger partial charge in [0.15, 0.2) is 0 Å². The summed E-state index contributed by atoms with van der Waals surface area (Å²) in [5.41, 5.74) is 6.73. The summed E-state index contributed by atoms with van der Waals surface area (Å²) in [4.78, 5) is 2.28. The second-order valence-electron chi connectivity index (χ2n) is 4.75. The third-order valence-corrected chi connectivity index (χ3v) is 3.06. The van der Waals surface area contributed by atoms with Crippen LogP contribution in [0.15, 0.2) is 29.4 Å². The molecule has 0 spiro atoms. The Balaban J connectivity index is 2.61. The molecule has 1 aromatic carbocycles. The number of ether oxygens (including phenoxy) is 1. The maximum atomic E-state index is 8.56. The molecule has 0 saturated heterocycles. The second-order valence-corrected chi connectivity index (χ2v) is 4.75. The number of hydrogen-bond donors (Lipinski definition) is 2. The first kappa shape index (κ1) is 15.3. The molecule has 1 aromatic rings. The van der Waals surface area contributed by atoms with Gasteiger partial charge in [-0.05, 0) is 31.5 Å². The van der Waals surface area contributed by atoms with Gasteiger partial charge in [0.2, 0.25) is 0 Å². The summed E-state index contributed by atoms with van der Waals surface area (Å²) < 4.78 is 5.14. The SMILES string of the molecule is COc1ccc(CN(CCC(N)=NO)C(C)C)cc1. The molecule has 0 amide bonds. The number of nitrogens with zero attached hydrogens (tertiary/aromatic N) is 2. The highest BCUT2D eigenvalue weighted by Crippen LogP contribution is 2.14. The van der Waals surface area contributed by atoms with E-state index in [9.17, 15) is 0 Å². The van der Waals surface area contributed by atoms with Gasteiger partial charge >= 0.3 is 0 Å². The molecule has 0 atom stereocenters. The van der Waals surface area contributed by atoms with Crippen LogP contribution >= 0.6 is 0 Å². The van der Waals surface area contributed by atoms with Crippen molar-refractivity contribution in [3.05, 3.63) is 29.8 Å². The first-order chi connectivity index (χ1) is 9.06. The van der Waals surface area contributed by atoms with Crippen LogP contribution in [-0.4, -0.2) is 35.6 Å². The zero-order valence-corrected chi connectivity index (χ0v) is 11.8. The van der Waals surface area contributed by atoms with E-state index in [0.717, 1.165) is 18.8 Å². The van der Waals surface area contributed by atoms with E-state index in [1.807, 2.05) is 12.1 Å². The van der Waals surface area contributed by atoms with Crippen molar-refractivity contribution in [2.45, 2.75) is 32.9 Å². The smallest absolute Gasteiger partial charge is 0.140 e. The van der Waals surface area contributed by atoms with E-state index in [0.29, 0.717) is 12.5 Å². The van der Waals surface area contributed by atoms with Crippen molar-refractivity contribution in [1.29, 1.82) is 0 Å². The molecule has 0 aliphatic rings. The lowest BCUT2D eigenvalue weighted by Crippen LogP contribution is -2.33. The van der Waals surface area contributed by atoms with Crippen LogP contribution in [0.3, 0.4) is 0 Å². The molecule has 5 nitrogen and oxygen atoms in total. The molecule has 0 bridgehead atoms. The molecule has 0 aliphatic heterocycles. The third-order valence-electron chi connectivity index (χ3n) is 3.06. The molecule has 5 heteroatoms. The van der Waals surface area contributed by atoms with Crippen LogP contribution in [0.1, 0.15) is 25.8 Å². The quantitative estimate of drug-likeness (QED) is 0.342. The van der Waals surface area contributed by atoms with Gasteiger partial charge in [0.25, 0.3) is 0 Å². The fraction of sp³-hybridized carbons (Fsp3) is 0.500. The molecule has 0 saturated carbocycles. The summed E-state index contributed by atoms with van der Waals surface area (Å²) >= 11 is 0. The highest BCUT2D eigenvalue weighted by Gasteiger charge is 2.11. The fourth-order valence-electron chi connectivity index (χ4n) is 1.79. The summed E-state index contributed by atoms with van der Waals surface area (Å²) in [5.74, 6) is 1.12. The standard InChI is InChI=1S/C14H23N3O2/c1-11(2)17(9-8-14(15)16-18)10-12-4-6-13(19-3)7-5-12/h4-7,11,18H,8-10H2,1-3H3,(H2,15,16). The van der Waals surface area contributed by atoms with Gasteiger partial charge in [0, 0.05) is 25.6 Å². The molecule has 106 valence electrons. The minimum absolute atomic E-state index is 0.264. The number of amidine groups is 1. The van der Waals surface area contributed by atoms with Crippen molar-refractivity contribution in [3.63, 3.8) is 0 Å². The first-order valence-corrected chi connectivity index (χ1v) is 6.40. The van der Waals surface area contributed by atoms with E-state index in [4.69, 9.17) is 15.7 Å². The molecule has 0 aromatic heterocycles. The number of oxime groups is 1. The Kier molecular flexibility index (Phi) is 6.15. The molecule has 0 fully saturated rings. The molecular weight excluding hydrogens is 242 g/mol. The van der Waals surface area contributed by atoms with Crippen LogP contribution in [0.25, 0.3) is 0 Å². The van der Waals surface area contributed by atoms with Gasteiger partial charge < -0.3 is 15.7 Å². The van der Waals surface area contributed by atoms with E-state index < -0.39 is 0 Å². The average molecular weight is 265 g/mol. The molecule has 0 unspecified atom stereocenters. The second kappa shape index (κ2) is 7.63. The maximum Gasteiger partial charge on any atom is 0.140 e. The largest absolute Gasteiger partial charge is 0.497 e. The van der Waals surface area contributed by atoms with E-state index >= 15 is 0 Å². The lowest BCUT2D eigenvalue weighted by Gasteiger charge is -2.26. The first-order valence-electron chi connectivity index (χ1n) is 6.40. The minimum Gasteiger partial charge on any atom is -0.497 e. The van der Waals surface area contributed by atoms with Gasteiger partial charge in [-0.25, -0.2) is 0 Å². The normalized spacial score (nSPS) is 12.2. The number of rotatable bonds is 7. The van der Waals surface area contributed by atoms with Crippen molar-refractivity contribution in [3.8, 4) is 5.75 Å². The topological polar surface area (TPSA) is 71.1 Å². The van der Waals surface area contributed by atoms with Crippen molar-refractivity contribution >= 4 is 5.84 Å². The van der Waals surface area contributed by atoms with Gasteiger partial charge in [-0.1, -0.05) is 17.3 Å². The Bertz CT molecular complexity index is 402. The molecule has 0 heterocycles. The Morgan fingerprint density at radius 3 is 2.47 bits per heavy atom. The molecule has 1 rings (SSSR count). The summed E-state index contributed by atoms with van der Waals surface area (Å²) in [6, 6.07) is 8.41. The van der Waals surface area contributed by atoms with Crippen molar-refractivity contribution in [1.82, 2.24) is 4.90 Å². The number of nitrogens with two attached hydrogens (primary N) is 1. The van der Waals surface area contributed by atoms with Gasteiger partial charge in [-0.15, -0.1) is 0 Å². The predicted octanol–water partition coefficient (Wildman–Crippen LogP) is 2.04. The van der Waals surface area contributed by atoms with Crippen LogP contribution in [-0.2, 0) is 6.54 Å². The fourth-order valence-corrected chi connectivity index (χ4v) is 1.79. The highest BCUT2D eigenvalue weighted by molar-refractivity contribution is 5.79. The lowest BCUT2D eigenvalue weighted by molar-refractivity contribution is 0.217. The zero-order valence-electron chi connectivity index (χ0n) is 11.8. The van der Waals surface area contributed by atoms with Gasteiger partial charge in [-0.3, -0.25) is 4.90 Å². The minimum atomic E-state index is 0.264. The van der Waals surface area contributed by atoms with Gasteiger partial charge in [-0.2, -0.15) is 0 Å². The lowest BCUT2D eigenvalue weighted by atomic mass is 10.1. The van der Waals surface area contributed by atoms with Crippen LogP contribution in [0.4, 0.5) is 0 Å². The Morgan fingerprint density at radius 2 is 2.00 bits per heavy atom. The Labute approximate surface area is 114 Å². The van der Waals surface area contributed by atoms with E-state index in [-0.39, 0.29) is 5.84 Å². The Morgan fingerprint density at radius 1 is 1.37 bits per heavy atom. The Hall–Kier alpha value is -1.75. The molecule has 19 heavy (non-hydrogen) atoms. The number of benzene rings is 1. The predicted molar refractivity (Wildman–Crippen MR) is 76.6 cm³/mol. The average Bonchev–Trinajstić information content (AvgIpc) is 2.43. The molecule has 0 aliphatic carbocycles. The summed E-state index contributed by atoms with van der Waals surface area (Å²) in [7, 11) is 1.66. The van der Waals surface area contributed by atoms with E-state index in [2.05, 4.69) is 36.0 Å². The van der Waals surface area contributed by atoms with Crippen molar-refractivity contribution in [2.24, 2.45) is 10.9 Å². The van der Waals surface area contributed by atoms with Crippen LogP contribution in [0.5, 0.6) is 5.75 Å². The molecule has 3 N–H and O–H groups in total. The summed E-state index contributed by atoms with van der Waals surface area (Å²) in [6.07, 6.45) is 0.560. The van der Waals surface area contributed by atoms with Crippen LogP contribution in [0, 0.1) is 0 Å². The monoisotopic (exact) mass is 265 g/mol. The zero-order chi connectivity index (χ0) is 14.3. The molecule has 0 radical (unpaired) electrons. The van der Waals surface area contributed by atoms with E-state index in [1.54, 1.807) is 7.11 Å². The number of hydrogen-bond acceptors (Lipinski definition) is 4. The molecular formula is C14H23N3O2. The van der Waals surface area contributed by atoms with Crippen LogP contribution < -0.4 is 10.5 Å². The van der Waals surface area contributed by atoms with Crippen LogP contribution in [0.2, 0.25) is 0 Å². The van der Waals surface area contributed by atoms with Gasteiger partial charge in [0.05, 0.1) is 7.11 Å². The highest BCUT2D eigenvalue weighted by atomic mass is 16.5. The van der Waals surface area contributed by atoms with Gasteiger partial charge in [0.1, 0.15) is 11.6 Å².